The molecule has 0 saturated carbocycles. The molecule has 90 heavy (non-hydrogen) atoms. The average Bonchev–Trinajstić information content (AvgIpc) is 1.21. The Morgan fingerprint density at radius 3 is 2.10 bits per heavy atom. The molecule has 2 aliphatic heterocycles. The normalized spacial score (nSPS) is 23.7. The van der Waals surface area contributed by atoms with E-state index in [1.54, 1.807) is 0 Å². The Morgan fingerprint density at radius 2 is 1.30 bits per heavy atom. The highest BCUT2D eigenvalue weighted by molar-refractivity contribution is 6.13. The zero-order chi connectivity index (χ0) is 61.5. The summed E-state index contributed by atoms with van der Waals surface area (Å²) in [5.41, 5.74) is 17.7. The Morgan fingerprint density at radius 1 is 0.622 bits per heavy atom. The zero-order valence-corrected chi connectivity index (χ0v) is 51.2. The van der Waals surface area contributed by atoms with E-state index in [0.29, 0.717) is 95.9 Å². The summed E-state index contributed by atoms with van der Waals surface area (Å²) in [5, 5.41) is 14.1. The minimum atomic E-state index is -0.913. The summed E-state index contributed by atoms with van der Waals surface area (Å²) in [6.07, 6.45) is 29.5. The van der Waals surface area contributed by atoms with Crippen LogP contribution in [0.25, 0.3) is 67.3 Å². The maximum atomic E-state index is 14.8. The molecule has 5 aliphatic carbocycles. The third-order valence-electron chi connectivity index (χ3n) is 20.5. The fraction of sp³-hybridized carbons (Fsp3) is 0.207. The van der Waals surface area contributed by atoms with Crippen molar-refractivity contribution < 1.29 is 28.2 Å². The van der Waals surface area contributed by atoms with Crippen LogP contribution in [0.3, 0.4) is 0 Å². The number of benzene rings is 7. The van der Waals surface area contributed by atoms with E-state index in [2.05, 4.69) is 145 Å². The number of carbonyl (C=O) groups is 1. The number of rotatable bonds is 7. The molecule has 0 radical (unpaired) electrons. The van der Waals surface area contributed by atoms with Crippen LogP contribution in [0.5, 0.6) is 17.2 Å². The van der Waals surface area contributed by atoms with Crippen molar-refractivity contribution in [2.24, 2.45) is 11.8 Å². The van der Waals surface area contributed by atoms with E-state index in [-0.39, 0.29) is 39.8 Å². The lowest BCUT2D eigenvalue weighted by atomic mass is 9.71. The number of aliphatic hydroxyl groups is 1. The number of carbonyl (C=O) groups excluding carboxylic acids is 1. The van der Waals surface area contributed by atoms with Gasteiger partial charge in [0.2, 0.25) is 5.43 Å². The maximum absolute atomic E-state index is 14.8. The highest BCUT2D eigenvalue weighted by atomic mass is 16.5. The molecule has 4 heterocycles. The highest BCUT2D eigenvalue weighted by Gasteiger charge is 2.38. The van der Waals surface area contributed by atoms with Gasteiger partial charge in [-0.1, -0.05) is 148 Å². The molecule has 7 aromatic carbocycles. The van der Waals surface area contributed by atoms with E-state index in [9.17, 15) is 19.5 Å². The predicted molar refractivity (Wildman–Crippen MR) is 359 cm³/mol. The third kappa shape index (κ3) is 9.00. The maximum Gasteiger partial charge on any atom is 0.200 e. The quantitative estimate of drug-likeness (QED) is 0.157. The van der Waals surface area contributed by atoms with Gasteiger partial charge in [-0.05, 0) is 198 Å². The van der Waals surface area contributed by atoms with E-state index >= 15 is 0 Å². The van der Waals surface area contributed by atoms with Crippen LogP contribution in [0.15, 0.2) is 241 Å². The van der Waals surface area contributed by atoms with Crippen molar-refractivity contribution in [2.75, 3.05) is 0 Å². The largest absolute Gasteiger partial charge is 0.484 e. The van der Waals surface area contributed by atoms with Crippen molar-refractivity contribution in [3.8, 4) is 39.5 Å². The van der Waals surface area contributed by atoms with Gasteiger partial charge in [-0.3, -0.25) is 14.4 Å². The average molecular weight is 1180 g/mol. The van der Waals surface area contributed by atoms with Crippen LogP contribution in [0, 0.1) is 25.7 Å². The van der Waals surface area contributed by atoms with Crippen LogP contribution >= 0.6 is 0 Å². The fourth-order valence-corrected chi connectivity index (χ4v) is 15.4. The molecule has 0 spiro atoms. The summed E-state index contributed by atoms with van der Waals surface area (Å²) in [6, 6.07) is 42.0. The summed E-state index contributed by atoms with van der Waals surface area (Å²) in [6.45, 7) is 13.1. The van der Waals surface area contributed by atoms with E-state index in [1.807, 2.05) is 103 Å². The Hall–Kier alpha value is -9.89. The van der Waals surface area contributed by atoms with Crippen molar-refractivity contribution >= 4 is 50.8 Å². The second kappa shape index (κ2) is 20.9. The van der Waals surface area contributed by atoms with Gasteiger partial charge in [0.15, 0.2) is 11.2 Å². The van der Waals surface area contributed by atoms with Crippen LogP contribution in [0.4, 0.5) is 0 Å². The van der Waals surface area contributed by atoms with E-state index in [4.69, 9.17) is 18.3 Å². The molecule has 9 aromatic rings. The zero-order valence-electron chi connectivity index (χ0n) is 51.2. The smallest absolute Gasteiger partial charge is 0.200 e. The minimum Gasteiger partial charge on any atom is -0.484 e. The first-order valence-corrected chi connectivity index (χ1v) is 31.5. The number of ketones is 1. The Bertz CT molecular complexity index is 5200. The van der Waals surface area contributed by atoms with Crippen molar-refractivity contribution in [1.82, 2.24) is 0 Å². The standard InChI is InChI=1S/C82H66O8/c1-45-12-10-13-46(2)75(45)53-20-29-71-63(40-53)77(83)59-36-49(16-25-67(59)87-71)50-17-26-68-60(37-50)78(84)64-41-54(21-30-72(64)88-68)76-47(3)15-24-58(48(76)4)55-14-11-35-82(6,44-55)57-23-32-74-66(43-57)80(86)62-39-52(19-28-70(62)90-74)51-18-27-69-61(38-51)79(85)65-42-56(22-31-73(65)89-69)81(5)33-8-7-9-34-81/h7-17,19-27,29-33,36-44,47,51,70,76-77,83H,18,28,34-35H2,1-6H3. The molecule has 7 atom stereocenters. The first-order valence-electron chi connectivity index (χ1n) is 31.5. The van der Waals surface area contributed by atoms with Gasteiger partial charge in [-0.2, -0.15) is 0 Å². The monoisotopic (exact) mass is 1180 g/mol. The molecule has 442 valence electrons. The van der Waals surface area contributed by atoms with Crippen molar-refractivity contribution in [2.45, 2.75) is 96.2 Å². The van der Waals surface area contributed by atoms with Crippen LogP contribution in [-0.4, -0.2) is 17.0 Å². The molecular weight excluding hydrogens is 1110 g/mol. The molecule has 1 N–H and O–H groups in total. The minimum absolute atomic E-state index is 0.0200. The molecule has 8 heteroatoms. The number of hydrogen-bond acceptors (Lipinski definition) is 8. The molecule has 7 unspecified atom stereocenters. The van der Waals surface area contributed by atoms with Gasteiger partial charge < -0.3 is 23.4 Å². The molecule has 0 saturated heterocycles. The number of aliphatic hydroxyl groups excluding tert-OH is 1. The second-order valence-electron chi connectivity index (χ2n) is 26.3. The topological polar surface area (TPSA) is 116 Å². The van der Waals surface area contributed by atoms with Gasteiger partial charge in [0.25, 0.3) is 0 Å². The molecule has 0 fully saturated rings. The molecule has 8 nitrogen and oxygen atoms in total. The Labute approximate surface area is 521 Å². The van der Waals surface area contributed by atoms with Crippen LogP contribution < -0.4 is 31.0 Å². The molecule has 0 bridgehead atoms. The SMILES string of the molecule is CC1=C(C2=CC(C)(c3ccc4c(c3)C(=O)C3=CC(C5C=c6c(oc7ccc(C8(C)C=CC=CC8)cc7c6=O)=CC5)=CCC3O4)CC=C2)C=CC(C)C1c1ccc2oc3ccc(-c4ccc5c(c4)C(O)c4cc(-c6c(C)cccc6C)ccc4O5)cc3c(=O)c2c1. The van der Waals surface area contributed by atoms with Crippen molar-refractivity contribution in [3.63, 3.8) is 0 Å². The van der Waals surface area contributed by atoms with Crippen molar-refractivity contribution in [1.29, 1.82) is 0 Å². The van der Waals surface area contributed by atoms with Gasteiger partial charge in [-0.15, -0.1) is 0 Å². The first kappa shape index (κ1) is 55.4. The predicted octanol–water partition coefficient (Wildman–Crippen LogP) is 16.9. The van der Waals surface area contributed by atoms with E-state index in [0.717, 1.165) is 68.5 Å². The Kier molecular flexibility index (Phi) is 12.8. The summed E-state index contributed by atoms with van der Waals surface area (Å²) in [7, 11) is 0. The number of fused-ring (bicyclic) bond motifs is 8. The highest BCUT2D eigenvalue weighted by Crippen LogP contribution is 2.49. The van der Waals surface area contributed by atoms with Gasteiger partial charge in [-0.25, -0.2) is 0 Å². The lowest BCUT2D eigenvalue weighted by molar-refractivity contribution is 0.0960. The first-order chi connectivity index (χ1) is 43.6. The summed E-state index contributed by atoms with van der Waals surface area (Å²) in [4.78, 5) is 43.9. The summed E-state index contributed by atoms with van der Waals surface area (Å²) in [5.74, 6) is 1.80. The molecule has 16 rings (SSSR count). The molecule has 2 aromatic heterocycles. The Balaban J connectivity index is 0.665. The van der Waals surface area contributed by atoms with Crippen LogP contribution in [0.1, 0.15) is 115 Å². The van der Waals surface area contributed by atoms with Gasteiger partial charge >= 0.3 is 0 Å². The van der Waals surface area contributed by atoms with Gasteiger partial charge in [0.05, 0.1) is 26.9 Å². The fourth-order valence-electron chi connectivity index (χ4n) is 15.4. The molecule has 7 aliphatic rings. The number of Topliss-reactive ketones (excluding diaryl/α,β-unsaturated/α-hetero) is 1. The lowest BCUT2D eigenvalue weighted by Crippen LogP contribution is -2.41. The molecule has 0 amide bonds. The number of ether oxygens (including phenoxy) is 2. The van der Waals surface area contributed by atoms with Crippen molar-refractivity contribution in [3.05, 3.63) is 298 Å². The van der Waals surface area contributed by atoms with E-state index in [1.165, 1.54) is 16.7 Å². The van der Waals surface area contributed by atoms with Crippen LogP contribution in [-0.2, 0) is 10.8 Å². The third-order valence-corrected chi connectivity index (χ3v) is 20.5. The summed E-state index contributed by atoms with van der Waals surface area (Å²) < 4.78 is 25.9. The van der Waals surface area contributed by atoms with Crippen LogP contribution in [0.2, 0.25) is 0 Å². The number of aryl methyl sites for hydroxylation is 2. The van der Waals surface area contributed by atoms with Gasteiger partial charge in [0, 0.05) is 45.8 Å². The second-order valence-corrected chi connectivity index (χ2v) is 26.3. The summed E-state index contributed by atoms with van der Waals surface area (Å²) >= 11 is 0. The number of allylic oxidation sites excluding steroid dienone is 14. The molecular formula is C82H66O8. The lowest BCUT2D eigenvalue weighted by Gasteiger charge is -2.35. The van der Waals surface area contributed by atoms with E-state index < -0.39 is 17.6 Å². The number of hydrogen-bond donors (Lipinski definition) is 1. The van der Waals surface area contributed by atoms with Gasteiger partial charge in [0.1, 0.15) is 51.6 Å².